The van der Waals surface area contributed by atoms with Crippen molar-refractivity contribution < 1.29 is 4.39 Å². The van der Waals surface area contributed by atoms with E-state index in [2.05, 4.69) is 21.0 Å². The van der Waals surface area contributed by atoms with E-state index in [0.717, 1.165) is 15.5 Å². The maximum atomic E-state index is 12.9. The van der Waals surface area contributed by atoms with Crippen LogP contribution in [0.3, 0.4) is 0 Å². The summed E-state index contributed by atoms with van der Waals surface area (Å²) in [6.45, 7) is 1.13. The number of fused-ring (bicyclic) bond motifs is 1. The lowest BCUT2D eigenvalue weighted by Gasteiger charge is -1.98. The van der Waals surface area contributed by atoms with Crippen LogP contribution in [0.4, 0.5) is 4.39 Å². The minimum Gasteiger partial charge on any atom is -0.329 e. The van der Waals surface area contributed by atoms with Crippen molar-refractivity contribution in [1.29, 1.82) is 0 Å². The molecule has 2 rings (SSSR count). The quantitative estimate of drug-likeness (QED) is 0.893. The Morgan fingerprint density at radius 2 is 2.29 bits per heavy atom. The first kappa shape index (κ1) is 9.61. The molecule has 1 aromatic carbocycles. The van der Waals surface area contributed by atoms with Gasteiger partial charge in [-0.3, -0.25) is 4.68 Å². The van der Waals surface area contributed by atoms with E-state index in [1.165, 1.54) is 12.1 Å². The van der Waals surface area contributed by atoms with Crippen molar-refractivity contribution >= 4 is 26.8 Å². The summed E-state index contributed by atoms with van der Waals surface area (Å²) in [5.74, 6) is -0.259. The monoisotopic (exact) mass is 257 g/mol. The van der Waals surface area contributed by atoms with Gasteiger partial charge < -0.3 is 5.73 Å². The number of aromatic nitrogens is 2. The Labute approximate surface area is 88.8 Å². The van der Waals surface area contributed by atoms with Crippen LogP contribution < -0.4 is 5.73 Å². The van der Waals surface area contributed by atoms with Crippen molar-refractivity contribution in [2.24, 2.45) is 5.73 Å². The number of rotatable bonds is 2. The summed E-state index contributed by atoms with van der Waals surface area (Å²) in [6.07, 6.45) is 0. The van der Waals surface area contributed by atoms with Crippen LogP contribution in [0.25, 0.3) is 10.9 Å². The molecule has 0 amide bonds. The Kier molecular flexibility index (Phi) is 2.52. The molecular weight excluding hydrogens is 249 g/mol. The molecule has 0 spiro atoms. The first-order chi connectivity index (χ1) is 6.72. The molecule has 0 saturated heterocycles. The number of benzene rings is 1. The van der Waals surface area contributed by atoms with E-state index >= 15 is 0 Å². The van der Waals surface area contributed by atoms with Gasteiger partial charge >= 0.3 is 0 Å². The van der Waals surface area contributed by atoms with E-state index in [4.69, 9.17) is 5.73 Å². The topological polar surface area (TPSA) is 43.8 Å². The van der Waals surface area contributed by atoms with E-state index < -0.39 is 0 Å². The lowest BCUT2D eigenvalue weighted by molar-refractivity contribution is 0.619. The molecule has 1 aromatic heterocycles. The maximum absolute atomic E-state index is 12.9. The molecule has 14 heavy (non-hydrogen) atoms. The van der Waals surface area contributed by atoms with Gasteiger partial charge in [0.1, 0.15) is 10.4 Å². The van der Waals surface area contributed by atoms with E-state index in [0.29, 0.717) is 13.1 Å². The first-order valence-electron chi connectivity index (χ1n) is 4.24. The van der Waals surface area contributed by atoms with Crippen molar-refractivity contribution in [2.45, 2.75) is 6.54 Å². The fourth-order valence-electron chi connectivity index (χ4n) is 1.34. The molecule has 0 aliphatic heterocycles. The number of nitrogens with zero attached hydrogens (tertiary/aromatic N) is 2. The Hall–Kier alpha value is -0.940. The lowest BCUT2D eigenvalue weighted by Crippen LogP contribution is -2.10. The van der Waals surface area contributed by atoms with Gasteiger partial charge in [0, 0.05) is 11.9 Å². The molecule has 2 N–H and O–H groups in total. The van der Waals surface area contributed by atoms with Crippen molar-refractivity contribution in [1.82, 2.24) is 9.78 Å². The van der Waals surface area contributed by atoms with Gasteiger partial charge in [-0.2, -0.15) is 5.10 Å². The second-order valence-electron chi connectivity index (χ2n) is 2.96. The molecule has 0 fully saturated rings. The molecule has 0 saturated carbocycles. The van der Waals surface area contributed by atoms with Gasteiger partial charge in [0.25, 0.3) is 0 Å². The van der Waals surface area contributed by atoms with Crippen molar-refractivity contribution in [2.75, 3.05) is 6.54 Å². The van der Waals surface area contributed by atoms with Gasteiger partial charge in [-0.05, 0) is 34.1 Å². The second kappa shape index (κ2) is 3.67. The molecule has 0 atom stereocenters. The Morgan fingerprint density at radius 1 is 1.50 bits per heavy atom. The van der Waals surface area contributed by atoms with Gasteiger partial charge in [-0.15, -0.1) is 0 Å². The van der Waals surface area contributed by atoms with Crippen molar-refractivity contribution in [3.8, 4) is 0 Å². The SMILES string of the molecule is NCCn1nc2ccc(F)cc2c1Br. The van der Waals surface area contributed by atoms with Crippen molar-refractivity contribution in [3.63, 3.8) is 0 Å². The fourth-order valence-corrected chi connectivity index (χ4v) is 1.92. The zero-order chi connectivity index (χ0) is 10.1. The molecule has 2 aromatic rings. The summed E-state index contributed by atoms with van der Waals surface area (Å²) in [5, 5.41) is 5.04. The van der Waals surface area contributed by atoms with Crippen LogP contribution in [0.1, 0.15) is 0 Å². The highest BCUT2D eigenvalue weighted by molar-refractivity contribution is 9.10. The molecule has 0 radical (unpaired) electrons. The molecule has 74 valence electrons. The standard InChI is InChI=1S/C9H9BrFN3/c10-9-7-5-6(11)1-2-8(7)13-14(9)4-3-12/h1-2,5H,3-4,12H2. The number of nitrogens with two attached hydrogens (primary N) is 1. The summed E-state index contributed by atoms with van der Waals surface area (Å²) < 4.78 is 15.4. The van der Waals surface area contributed by atoms with E-state index in [1.54, 1.807) is 10.7 Å². The minimum atomic E-state index is -0.259. The largest absolute Gasteiger partial charge is 0.329 e. The summed E-state index contributed by atoms with van der Waals surface area (Å²) in [7, 11) is 0. The average Bonchev–Trinajstić information content (AvgIpc) is 2.46. The number of halogens is 2. The third-order valence-electron chi connectivity index (χ3n) is 1.98. The van der Waals surface area contributed by atoms with E-state index in [-0.39, 0.29) is 5.82 Å². The predicted molar refractivity (Wildman–Crippen MR) is 56.4 cm³/mol. The number of hydrogen-bond donors (Lipinski definition) is 1. The van der Waals surface area contributed by atoms with E-state index in [9.17, 15) is 4.39 Å². The van der Waals surface area contributed by atoms with Gasteiger partial charge in [0.2, 0.25) is 0 Å². The summed E-state index contributed by atoms with van der Waals surface area (Å²) >= 11 is 3.37. The highest BCUT2D eigenvalue weighted by Crippen LogP contribution is 2.24. The summed E-state index contributed by atoms with van der Waals surface area (Å²) in [5.41, 5.74) is 6.20. The Balaban J connectivity index is 2.62. The smallest absolute Gasteiger partial charge is 0.124 e. The van der Waals surface area contributed by atoms with Crippen LogP contribution in [0.2, 0.25) is 0 Å². The zero-order valence-electron chi connectivity index (χ0n) is 7.37. The highest BCUT2D eigenvalue weighted by atomic mass is 79.9. The van der Waals surface area contributed by atoms with Crippen LogP contribution in [0.5, 0.6) is 0 Å². The third-order valence-corrected chi connectivity index (χ3v) is 2.81. The third kappa shape index (κ3) is 1.53. The van der Waals surface area contributed by atoms with Gasteiger partial charge in [-0.1, -0.05) is 0 Å². The highest BCUT2D eigenvalue weighted by Gasteiger charge is 2.08. The number of hydrogen-bond acceptors (Lipinski definition) is 2. The minimum absolute atomic E-state index is 0.259. The average molecular weight is 258 g/mol. The zero-order valence-corrected chi connectivity index (χ0v) is 8.96. The summed E-state index contributed by atoms with van der Waals surface area (Å²) in [6, 6.07) is 4.51. The van der Waals surface area contributed by atoms with Crippen LogP contribution in [-0.4, -0.2) is 16.3 Å². The van der Waals surface area contributed by atoms with Crippen molar-refractivity contribution in [3.05, 3.63) is 28.6 Å². The molecular formula is C9H9BrFN3. The van der Waals surface area contributed by atoms with Crippen LogP contribution in [-0.2, 0) is 6.54 Å². The molecule has 0 aliphatic carbocycles. The molecule has 0 unspecified atom stereocenters. The van der Waals surface area contributed by atoms with Gasteiger partial charge in [0.15, 0.2) is 0 Å². The van der Waals surface area contributed by atoms with Gasteiger partial charge in [-0.25, -0.2) is 4.39 Å². The summed E-state index contributed by atoms with van der Waals surface area (Å²) in [4.78, 5) is 0. The first-order valence-corrected chi connectivity index (χ1v) is 5.03. The van der Waals surface area contributed by atoms with Gasteiger partial charge in [0.05, 0.1) is 12.1 Å². The Morgan fingerprint density at radius 3 is 3.00 bits per heavy atom. The molecule has 0 bridgehead atoms. The fraction of sp³-hybridized carbons (Fsp3) is 0.222. The molecule has 1 heterocycles. The maximum Gasteiger partial charge on any atom is 0.124 e. The predicted octanol–water partition coefficient (Wildman–Crippen LogP) is 1.90. The molecule has 5 heteroatoms. The van der Waals surface area contributed by atoms with Crippen LogP contribution >= 0.6 is 15.9 Å². The van der Waals surface area contributed by atoms with Crippen LogP contribution in [0.15, 0.2) is 22.8 Å². The normalized spacial score (nSPS) is 11.1. The molecule has 0 aliphatic rings. The molecule has 3 nitrogen and oxygen atoms in total. The lowest BCUT2D eigenvalue weighted by atomic mass is 10.2. The Bertz CT molecular complexity index is 466. The second-order valence-corrected chi connectivity index (χ2v) is 3.72. The van der Waals surface area contributed by atoms with E-state index in [1.807, 2.05) is 0 Å². The van der Waals surface area contributed by atoms with Crippen LogP contribution in [0, 0.1) is 5.82 Å².